The Kier molecular flexibility index (Phi) is 5.01. The molecule has 0 aliphatic rings. The number of rotatable bonds is 6. The molecule has 0 aliphatic carbocycles. The minimum absolute atomic E-state index is 0.0211. The third kappa shape index (κ3) is 3.64. The Balaban J connectivity index is 2.34. The zero-order chi connectivity index (χ0) is 15.2. The highest BCUT2D eigenvalue weighted by molar-refractivity contribution is 7.99. The van der Waals surface area contributed by atoms with E-state index in [9.17, 15) is 4.79 Å². The molecule has 1 aromatic carbocycles. The highest BCUT2D eigenvalue weighted by atomic mass is 32.2. The summed E-state index contributed by atoms with van der Waals surface area (Å²) in [6.07, 6.45) is 2.96. The highest BCUT2D eigenvalue weighted by Crippen LogP contribution is 2.24. The molecule has 0 spiro atoms. The minimum Gasteiger partial charge on any atom is -0.481 e. The van der Waals surface area contributed by atoms with Crippen LogP contribution in [0.4, 0.5) is 0 Å². The molecule has 0 saturated carbocycles. The molecule has 1 aromatic heterocycles. The molecular formula is C15H15N3O2S. The number of nitriles is 1. The van der Waals surface area contributed by atoms with E-state index < -0.39 is 5.97 Å². The van der Waals surface area contributed by atoms with Gasteiger partial charge in [0.05, 0.1) is 18.2 Å². The molecule has 2 rings (SSSR count). The number of benzene rings is 1. The van der Waals surface area contributed by atoms with Crippen molar-refractivity contribution in [2.24, 2.45) is 0 Å². The molecule has 0 atom stereocenters. The van der Waals surface area contributed by atoms with E-state index in [-0.39, 0.29) is 5.75 Å². The van der Waals surface area contributed by atoms with Gasteiger partial charge in [-0.05, 0) is 24.1 Å². The normalized spacial score (nSPS) is 10.3. The van der Waals surface area contributed by atoms with E-state index in [0.717, 1.165) is 23.4 Å². The Morgan fingerprint density at radius 2 is 2.14 bits per heavy atom. The SMILES string of the molecule is CCc1cnc(SCC(=O)O)n1-c1ccc(CC#N)cc1. The van der Waals surface area contributed by atoms with Crippen LogP contribution in [0.2, 0.25) is 0 Å². The minimum atomic E-state index is -0.864. The van der Waals surface area contributed by atoms with Crippen molar-refractivity contribution in [3.63, 3.8) is 0 Å². The van der Waals surface area contributed by atoms with Gasteiger partial charge in [0.15, 0.2) is 5.16 Å². The van der Waals surface area contributed by atoms with E-state index in [4.69, 9.17) is 10.4 Å². The summed E-state index contributed by atoms with van der Waals surface area (Å²) in [5, 5.41) is 18.2. The van der Waals surface area contributed by atoms with Crippen LogP contribution in [0, 0.1) is 11.3 Å². The number of carboxylic acids is 1. The van der Waals surface area contributed by atoms with Gasteiger partial charge in [0, 0.05) is 17.6 Å². The summed E-state index contributed by atoms with van der Waals surface area (Å²) < 4.78 is 1.96. The van der Waals surface area contributed by atoms with Gasteiger partial charge >= 0.3 is 5.97 Å². The molecule has 0 amide bonds. The van der Waals surface area contributed by atoms with Crippen LogP contribution in [0.25, 0.3) is 5.69 Å². The van der Waals surface area contributed by atoms with Crippen molar-refractivity contribution in [2.45, 2.75) is 24.9 Å². The fourth-order valence-electron chi connectivity index (χ4n) is 1.98. The summed E-state index contributed by atoms with van der Waals surface area (Å²) in [5.41, 5.74) is 2.91. The van der Waals surface area contributed by atoms with Crippen molar-refractivity contribution in [3.8, 4) is 11.8 Å². The second kappa shape index (κ2) is 6.95. The van der Waals surface area contributed by atoms with E-state index >= 15 is 0 Å². The highest BCUT2D eigenvalue weighted by Gasteiger charge is 2.12. The van der Waals surface area contributed by atoms with Crippen LogP contribution in [0.5, 0.6) is 0 Å². The summed E-state index contributed by atoms with van der Waals surface area (Å²) >= 11 is 1.20. The topological polar surface area (TPSA) is 78.9 Å². The Morgan fingerprint density at radius 3 is 2.71 bits per heavy atom. The van der Waals surface area contributed by atoms with Gasteiger partial charge in [-0.15, -0.1) is 0 Å². The molecule has 108 valence electrons. The number of carbonyl (C=O) groups is 1. The van der Waals surface area contributed by atoms with Crippen molar-refractivity contribution < 1.29 is 9.90 Å². The van der Waals surface area contributed by atoms with Crippen LogP contribution in [-0.2, 0) is 17.6 Å². The molecule has 21 heavy (non-hydrogen) atoms. The molecule has 1 N–H and O–H groups in total. The maximum absolute atomic E-state index is 10.7. The summed E-state index contributed by atoms with van der Waals surface area (Å²) in [4.78, 5) is 15.0. The van der Waals surface area contributed by atoms with Crippen molar-refractivity contribution >= 4 is 17.7 Å². The average Bonchev–Trinajstić information content (AvgIpc) is 2.89. The van der Waals surface area contributed by atoms with Crippen LogP contribution >= 0.6 is 11.8 Å². The fraction of sp³-hybridized carbons (Fsp3) is 0.267. The molecule has 0 aliphatic heterocycles. The molecule has 0 unspecified atom stereocenters. The van der Waals surface area contributed by atoms with E-state index in [2.05, 4.69) is 11.1 Å². The van der Waals surface area contributed by atoms with E-state index in [1.165, 1.54) is 11.8 Å². The quantitative estimate of drug-likeness (QED) is 0.830. The Bertz CT molecular complexity index is 671. The number of thioether (sulfide) groups is 1. The first-order valence-electron chi connectivity index (χ1n) is 6.53. The first kappa shape index (κ1) is 15.1. The molecule has 0 bridgehead atoms. The number of aryl methyl sites for hydroxylation is 1. The first-order valence-corrected chi connectivity index (χ1v) is 7.51. The first-order chi connectivity index (χ1) is 10.2. The van der Waals surface area contributed by atoms with Crippen LogP contribution < -0.4 is 0 Å². The van der Waals surface area contributed by atoms with Crippen LogP contribution in [0.1, 0.15) is 18.2 Å². The summed E-state index contributed by atoms with van der Waals surface area (Å²) in [6.45, 7) is 2.03. The van der Waals surface area contributed by atoms with Gasteiger partial charge in [-0.25, -0.2) is 4.98 Å². The molecule has 0 radical (unpaired) electrons. The third-order valence-corrected chi connectivity index (χ3v) is 3.90. The van der Waals surface area contributed by atoms with Crippen molar-refractivity contribution in [1.29, 1.82) is 5.26 Å². The smallest absolute Gasteiger partial charge is 0.313 e. The predicted octanol–water partition coefficient (Wildman–Crippen LogP) is 2.68. The molecule has 0 saturated heterocycles. The van der Waals surface area contributed by atoms with E-state index in [1.54, 1.807) is 6.20 Å². The van der Waals surface area contributed by atoms with Gasteiger partial charge in [0.1, 0.15) is 0 Å². The van der Waals surface area contributed by atoms with Gasteiger partial charge < -0.3 is 5.11 Å². The lowest BCUT2D eigenvalue weighted by Crippen LogP contribution is -2.04. The van der Waals surface area contributed by atoms with Gasteiger partial charge in [0.25, 0.3) is 0 Å². The Hall–Kier alpha value is -2.26. The van der Waals surface area contributed by atoms with E-state index in [0.29, 0.717) is 11.6 Å². The number of imidazole rings is 1. The number of aliphatic carboxylic acids is 1. The lowest BCUT2D eigenvalue weighted by atomic mass is 10.1. The standard InChI is InChI=1S/C15H15N3O2S/c1-2-12-9-17-15(21-10-14(19)20)18(12)13-5-3-11(4-6-13)7-8-16/h3-6,9H,2,7,10H2,1H3,(H,19,20). The zero-order valence-corrected chi connectivity index (χ0v) is 12.4. The summed E-state index contributed by atoms with van der Waals surface area (Å²) in [6, 6.07) is 9.79. The summed E-state index contributed by atoms with van der Waals surface area (Å²) in [5.74, 6) is -0.885. The van der Waals surface area contributed by atoms with Gasteiger partial charge in [-0.1, -0.05) is 30.8 Å². The van der Waals surface area contributed by atoms with Gasteiger partial charge in [-0.3, -0.25) is 9.36 Å². The predicted molar refractivity (Wildman–Crippen MR) is 80.6 cm³/mol. The van der Waals surface area contributed by atoms with Crippen LogP contribution in [0.3, 0.4) is 0 Å². The fourth-order valence-corrected chi connectivity index (χ4v) is 2.71. The number of hydrogen-bond acceptors (Lipinski definition) is 4. The molecular weight excluding hydrogens is 286 g/mol. The number of nitrogens with zero attached hydrogens (tertiary/aromatic N) is 3. The maximum Gasteiger partial charge on any atom is 0.313 e. The lowest BCUT2D eigenvalue weighted by molar-refractivity contribution is -0.133. The van der Waals surface area contributed by atoms with Crippen molar-refractivity contribution in [2.75, 3.05) is 5.75 Å². The lowest BCUT2D eigenvalue weighted by Gasteiger charge is -2.11. The molecule has 0 fully saturated rings. The van der Waals surface area contributed by atoms with Gasteiger partial charge in [0.2, 0.25) is 0 Å². The molecule has 2 aromatic rings. The van der Waals surface area contributed by atoms with Crippen LogP contribution in [0.15, 0.2) is 35.6 Å². The van der Waals surface area contributed by atoms with Crippen molar-refractivity contribution in [3.05, 3.63) is 41.7 Å². The Morgan fingerprint density at radius 1 is 1.43 bits per heavy atom. The summed E-state index contributed by atoms with van der Waals surface area (Å²) in [7, 11) is 0. The molecule has 6 heteroatoms. The molecule has 5 nitrogen and oxygen atoms in total. The average molecular weight is 301 g/mol. The number of carboxylic acid groups (broad SMARTS) is 1. The van der Waals surface area contributed by atoms with E-state index in [1.807, 2.05) is 35.8 Å². The third-order valence-electron chi connectivity index (χ3n) is 2.97. The van der Waals surface area contributed by atoms with Gasteiger partial charge in [-0.2, -0.15) is 5.26 Å². The van der Waals surface area contributed by atoms with Crippen molar-refractivity contribution in [1.82, 2.24) is 9.55 Å². The Labute approximate surface area is 127 Å². The second-order valence-corrected chi connectivity index (χ2v) is 5.35. The van der Waals surface area contributed by atoms with Crippen LogP contribution in [-0.4, -0.2) is 26.4 Å². The number of aromatic nitrogens is 2. The monoisotopic (exact) mass is 301 g/mol. The maximum atomic E-state index is 10.7. The molecule has 1 heterocycles. The largest absolute Gasteiger partial charge is 0.481 e. The number of hydrogen-bond donors (Lipinski definition) is 1. The second-order valence-electron chi connectivity index (χ2n) is 4.40. The zero-order valence-electron chi connectivity index (χ0n) is 11.6.